The monoisotopic (exact) mass is 323 g/mol. The van der Waals surface area contributed by atoms with Crippen LogP contribution in [-0.4, -0.2) is 12.0 Å². The van der Waals surface area contributed by atoms with Gasteiger partial charge in [0.2, 0.25) is 0 Å². The molecule has 0 aromatic heterocycles. The summed E-state index contributed by atoms with van der Waals surface area (Å²) in [6, 6.07) is 1.72. The zero-order chi connectivity index (χ0) is 10.9. The Morgan fingerprint density at radius 1 is 1.43 bits per heavy atom. The Morgan fingerprint density at radius 3 is 2.43 bits per heavy atom. The number of nitrogens with zero attached hydrogens (tertiary/aromatic N) is 1. The first-order valence-electron chi connectivity index (χ1n) is 3.66. The van der Waals surface area contributed by atoms with E-state index in [9.17, 15) is 10.1 Å². The second kappa shape index (κ2) is 4.27. The first-order valence-corrected chi connectivity index (χ1v) is 5.24. The van der Waals surface area contributed by atoms with E-state index < -0.39 is 4.92 Å². The van der Waals surface area contributed by atoms with Gasteiger partial charge in [-0.05, 0) is 50.4 Å². The van der Waals surface area contributed by atoms with Crippen LogP contribution in [0.2, 0.25) is 0 Å². The number of hydrogen-bond acceptors (Lipinski definition) is 3. The quantitative estimate of drug-likeness (QED) is 0.618. The number of benzene rings is 1. The van der Waals surface area contributed by atoms with Crippen LogP contribution in [-0.2, 0) is 0 Å². The summed E-state index contributed by atoms with van der Waals surface area (Å²) >= 11 is 6.30. The fourth-order valence-corrected chi connectivity index (χ4v) is 2.37. The van der Waals surface area contributed by atoms with E-state index in [1.54, 1.807) is 13.0 Å². The summed E-state index contributed by atoms with van der Waals surface area (Å²) in [6.07, 6.45) is 0. The molecular formula is C8H7Br2NO3. The number of methoxy groups -OCH3 is 1. The standard InChI is InChI=1S/C8H7Br2NO3/c1-4-3-5(14-2)7(10)8(6(4)9)11(12)13/h3H,1-2H3. The third-order valence-electron chi connectivity index (χ3n) is 1.73. The fourth-order valence-electron chi connectivity index (χ4n) is 1.03. The van der Waals surface area contributed by atoms with Crippen LogP contribution in [0.25, 0.3) is 0 Å². The van der Waals surface area contributed by atoms with Gasteiger partial charge in [-0.15, -0.1) is 0 Å². The number of ether oxygens (including phenoxy) is 1. The van der Waals surface area contributed by atoms with E-state index in [1.807, 2.05) is 0 Å². The molecule has 76 valence electrons. The molecule has 0 fully saturated rings. The summed E-state index contributed by atoms with van der Waals surface area (Å²) in [5.41, 5.74) is 0.749. The molecule has 0 aliphatic rings. The molecule has 14 heavy (non-hydrogen) atoms. The highest BCUT2D eigenvalue weighted by atomic mass is 79.9. The SMILES string of the molecule is COc1cc(C)c(Br)c([N+](=O)[O-])c1Br. The first-order chi connectivity index (χ1) is 6.49. The highest BCUT2D eigenvalue weighted by molar-refractivity contribution is 9.11. The Morgan fingerprint density at radius 2 is 2.00 bits per heavy atom. The minimum absolute atomic E-state index is 0.0122. The minimum atomic E-state index is -0.455. The molecule has 0 saturated carbocycles. The molecule has 0 amide bonds. The minimum Gasteiger partial charge on any atom is -0.495 e. The third-order valence-corrected chi connectivity index (χ3v) is 3.50. The van der Waals surface area contributed by atoms with Gasteiger partial charge in [-0.3, -0.25) is 10.1 Å². The first kappa shape index (κ1) is 11.5. The van der Waals surface area contributed by atoms with Gasteiger partial charge >= 0.3 is 5.69 Å². The molecule has 0 spiro atoms. The van der Waals surface area contributed by atoms with Gasteiger partial charge in [0.1, 0.15) is 10.2 Å². The van der Waals surface area contributed by atoms with Crippen LogP contribution in [0.1, 0.15) is 5.56 Å². The highest BCUT2D eigenvalue weighted by Crippen LogP contribution is 2.41. The van der Waals surface area contributed by atoms with Gasteiger partial charge in [-0.2, -0.15) is 0 Å². The summed E-state index contributed by atoms with van der Waals surface area (Å²) in [6.45, 7) is 1.77. The Labute approximate surface area is 97.7 Å². The van der Waals surface area contributed by atoms with Crippen molar-refractivity contribution in [2.75, 3.05) is 7.11 Å². The molecule has 0 saturated heterocycles. The lowest BCUT2D eigenvalue weighted by atomic mass is 10.2. The van der Waals surface area contributed by atoms with Gasteiger partial charge in [-0.25, -0.2) is 0 Å². The molecule has 1 aromatic carbocycles. The number of nitro benzene ring substituents is 1. The van der Waals surface area contributed by atoms with Crippen LogP contribution >= 0.6 is 31.9 Å². The van der Waals surface area contributed by atoms with Crippen molar-refractivity contribution in [3.63, 3.8) is 0 Å². The van der Waals surface area contributed by atoms with E-state index in [2.05, 4.69) is 31.9 Å². The van der Waals surface area contributed by atoms with E-state index in [0.717, 1.165) is 5.56 Å². The van der Waals surface area contributed by atoms with E-state index in [-0.39, 0.29) is 5.69 Å². The number of halogens is 2. The zero-order valence-electron chi connectivity index (χ0n) is 7.51. The topological polar surface area (TPSA) is 52.4 Å². The zero-order valence-corrected chi connectivity index (χ0v) is 10.7. The van der Waals surface area contributed by atoms with Gasteiger partial charge < -0.3 is 4.74 Å². The van der Waals surface area contributed by atoms with Crippen molar-refractivity contribution in [3.05, 3.63) is 30.7 Å². The van der Waals surface area contributed by atoms with Crippen LogP contribution in [0.3, 0.4) is 0 Å². The lowest BCUT2D eigenvalue weighted by Gasteiger charge is -2.07. The third kappa shape index (κ3) is 1.90. The summed E-state index contributed by atoms with van der Waals surface area (Å²) in [7, 11) is 1.47. The maximum atomic E-state index is 10.8. The lowest BCUT2D eigenvalue weighted by molar-refractivity contribution is -0.386. The molecule has 0 aliphatic carbocycles. The van der Waals surface area contributed by atoms with E-state index in [1.165, 1.54) is 7.11 Å². The number of nitro groups is 1. The van der Waals surface area contributed by atoms with Crippen molar-refractivity contribution >= 4 is 37.5 Å². The van der Waals surface area contributed by atoms with Crippen molar-refractivity contribution in [1.82, 2.24) is 0 Å². The molecule has 1 rings (SSSR count). The molecule has 0 atom stereocenters. The van der Waals surface area contributed by atoms with Crippen LogP contribution in [0.5, 0.6) is 5.75 Å². The summed E-state index contributed by atoms with van der Waals surface area (Å²) in [4.78, 5) is 10.3. The summed E-state index contributed by atoms with van der Waals surface area (Å²) < 4.78 is 5.82. The van der Waals surface area contributed by atoms with E-state index in [4.69, 9.17) is 4.74 Å². The smallest absolute Gasteiger partial charge is 0.301 e. The maximum absolute atomic E-state index is 10.8. The number of aryl methyl sites for hydroxylation is 1. The van der Waals surface area contributed by atoms with Crippen molar-refractivity contribution in [3.8, 4) is 5.75 Å². The van der Waals surface area contributed by atoms with Crippen molar-refractivity contribution in [2.45, 2.75) is 6.92 Å². The van der Waals surface area contributed by atoms with Gasteiger partial charge in [0.15, 0.2) is 0 Å². The average molecular weight is 325 g/mol. The van der Waals surface area contributed by atoms with Crippen molar-refractivity contribution in [2.24, 2.45) is 0 Å². The van der Waals surface area contributed by atoms with Gasteiger partial charge in [0.25, 0.3) is 0 Å². The molecule has 1 aromatic rings. The lowest BCUT2D eigenvalue weighted by Crippen LogP contribution is -1.96. The Hall–Kier alpha value is -0.620. The molecule has 0 aliphatic heterocycles. The molecule has 0 unspecified atom stereocenters. The normalized spacial score (nSPS) is 10.0. The molecule has 0 radical (unpaired) electrons. The van der Waals surface area contributed by atoms with Crippen LogP contribution < -0.4 is 4.74 Å². The van der Waals surface area contributed by atoms with Crippen LogP contribution in [0.4, 0.5) is 5.69 Å². The Kier molecular flexibility index (Phi) is 3.49. The van der Waals surface area contributed by atoms with Crippen molar-refractivity contribution < 1.29 is 9.66 Å². The molecule has 4 nitrogen and oxygen atoms in total. The van der Waals surface area contributed by atoms with E-state index >= 15 is 0 Å². The summed E-state index contributed by atoms with van der Waals surface area (Å²) in [5.74, 6) is 0.456. The maximum Gasteiger partial charge on any atom is 0.301 e. The van der Waals surface area contributed by atoms with Crippen molar-refractivity contribution in [1.29, 1.82) is 0 Å². The molecule has 0 heterocycles. The predicted octanol–water partition coefficient (Wildman–Crippen LogP) is 3.44. The fraction of sp³-hybridized carbons (Fsp3) is 0.250. The molecule has 0 N–H and O–H groups in total. The highest BCUT2D eigenvalue weighted by Gasteiger charge is 2.22. The molecule has 6 heteroatoms. The van der Waals surface area contributed by atoms with E-state index in [0.29, 0.717) is 14.7 Å². The van der Waals surface area contributed by atoms with Gasteiger partial charge in [0.05, 0.1) is 16.5 Å². The second-order valence-electron chi connectivity index (χ2n) is 2.63. The Bertz CT molecular complexity index is 393. The van der Waals surface area contributed by atoms with Crippen LogP contribution in [0, 0.1) is 17.0 Å². The second-order valence-corrected chi connectivity index (χ2v) is 4.22. The molecular weight excluding hydrogens is 318 g/mol. The largest absolute Gasteiger partial charge is 0.495 e. The number of rotatable bonds is 2. The average Bonchev–Trinajstić information content (AvgIpc) is 2.11. The van der Waals surface area contributed by atoms with Crippen LogP contribution in [0.15, 0.2) is 15.0 Å². The summed E-state index contributed by atoms with van der Waals surface area (Å²) in [5, 5.41) is 10.8. The number of hydrogen-bond donors (Lipinski definition) is 0. The van der Waals surface area contributed by atoms with Gasteiger partial charge in [-0.1, -0.05) is 0 Å². The van der Waals surface area contributed by atoms with Gasteiger partial charge in [0, 0.05) is 0 Å². The predicted molar refractivity (Wildman–Crippen MR) is 59.8 cm³/mol. The Balaban J connectivity index is 3.53. The molecule has 0 bridgehead atoms.